The summed E-state index contributed by atoms with van der Waals surface area (Å²) < 4.78 is 6.28. The van der Waals surface area contributed by atoms with Crippen LogP contribution in [-0.4, -0.2) is 15.1 Å². The van der Waals surface area contributed by atoms with Crippen molar-refractivity contribution >= 4 is 32.4 Å². The van der Waals surface area contributed by atoms with Gasteiger partial charge in [-0.1, -0.05) is 39.3 Å². The van der Waals surface area contributed by atoms with Crippen LogP contribution in [0.1, 0.15) is 23.0 Å². The highest BCUT2D eigenvalue weighted by Crippen LogP contribution is 2.19. The fourth-order valence-electron chi connectivity index (χ4n) is 1.80. The van der Waals surface area contributed by atoms with Crippen LogP contribution in [0.15, 0.2) is 38.6 Å². The van der Waals surface area contributed by atoms with E-state index < -0.39 is 0 Å². The Bertz CT molecular complexity index is 724. The molecule has 0 bridgehead atoms. The van der Waals surface area contributed by atoms with Gasteiger partial charge in [-0.25, -0.2) is 4.98 Å². The van der Waals surface area contributed by atoms with E-state index in [2.05, 4.69) is 31.1 Å². The van der Waals surface area contributed by atoms with E-state index in [0.29, 0.717) is 29.7 Å². The predicted molar refractivity (Wildman–Crippen MR) is 80.6 cm³/mol. The van der Waals surface area contributed by atoms with E-state index in [4.69, 9.17) is 10.3 Å². The first-order valence-electron chi connectivity index (χ1n) is 5.95. The van der Waals surface area contributed by atoms with Gasteiger partial charge in [-0.05, 0) is 11.6 Å². The smallest absolute Gasteiger partial charge is 0.232 e. The van der Waals surface area contributed by atoms with Gasteiger partial charge in [0.1, 0.15) is 0 Å². The van der Waals surface area contributed by atoms with Crippen LogP contribution in [0.4, 0.5) is 5.13 Å². The number of thiazole rings is 1. The normalized spacial score (nSPS) is 10.8. The fourth-order valence-corrected chi connectivity index (χ4v) is 2.79. The van der Waals surface area contributed by atoms with Crippen molar-refractivity contribution in [1.29, 1.82) is 0 Å². The summed E-state index contributed by atoms with van der Waals surface area (Å²) in [7, 11) is 0. The summed E-state index contributed by atoms with van der Waals surface area (Å²) in [6, 6.07) is 7.98. The van der Waals surface area contributed by atoms with Gasteiger partial charge in [-0.15, -0.1) is 11.3 Å². The highest BCUT2D eigenvalue weighted by atomic mass is 79.9. The van der Waals surface area contributed by atoms with Crippen LogP contribution in [0, 0.1) is 0 Å². The predicted octanol–water partition coefficient (Wildman–Crippen LogP) is 3.05. The number of benzene rings is 1. The number of nitrogens with two attached hydrogens (primary N) is 1. The zero-order valence-corrected chi connectivity index (χ0v) is 12.8. The molecule has 2 aromatic heterocycles. The minimum atomic E-state index is 0.511. The molecule has 7 heteroatoms. The van der Waals surface area contributed by atoms with Gasteiger partial charge in [0.25, 0.3) is 0 Å². The molecule has 0 unspecified atom stereocenters. The molecule has 0 radical (unpaired) electrons. The van der Waals surface area contributed by atoms with E-state index in [1.54, 1.807) is 0 Å². The van der Waals surface area contributed by atoms with E-state index in [9.17, 15) is 0 Å². The van der Waals surface area contributed by atoms with Gasteiger partial charge < -0.3 is 10.3 Å². The first kappa shape index (κ1) is 13.3. The van der Waals surface area contributed by atoms with Crippen molar-refractivity contribution in [1.82, 2.24) is 15.1 Å². The summed E-state index contributed by atoms with van der Waals surface area (Å²) in [6.45, 7) is 0. The second-order valence-corrected chi connectivity index (χ2v) is 5.97. The topological polar surface area (TPSA) is 77.8 Å². The number of halogens is 1. The van der Waals surface area contributed by atoms with Crippen LogP contribution in [-0.2, 0) is 12.8 Å². The summed E-state index contributed by atoms with van der Waals surface area (Å²) in [6.07, 6.45) is 1.14. The van der Waals surface area contributed by atoms with Crippen molar-refractivity contribution < 1.29 is 4.52 Å². The molecule has 0 aliphatic carbocycles. The molecule has 1 aromatic carbocycles. The first-order valence-corrected chi connectivity index (χ1v) is 7.63. The van der Waals surface area contributed by atoms with Crippen LogP contribution in [0.3, 0.4) is 0 Å². The van der Waals surface area contributed by atoms with Crippen LogP contribution in [0.25, 0.3) is 0 Å². The van der Waals surface area contributed by atoms with E-state index in [0.717, 1.165) is 15.7 Å². The number of nitrogen functional groups attached to an aromatic ring is 1. The third-order valence-corrected chi connectivity index (χ3v) is 4.21. The zero-order valence-electron chi connectivity index (χ0n) is 10.4. The molecular formula is C13H11BrN4OS. The molecule has 0 aliphatic heterocycles. The van der Waals surface area contributed by atoms with Gasteiger partial charge in [-0.2, -0.15) is 4.98 Å². The average Bonchev–Trinajstić information content (AvgIpc) is 3.02. The minimum absolute atomic E-state index is 0.511. The fraction of sp³-hybridized carbons (Fsp3) is 0.154. The molecule has 2 heterocycles. The molecule has 102 valence electrons. The lowest BCUT2D eigenvalue weighted by Crippen LogP contribution is -1.93. The minimum Gasteiger partial charge on any atom is -0.375 e. The summed E-state index contributed by atoms with van der Waals surface area (Å²) in [5.41, 5.74) is 7.57. The number of rotatable bonds is 4. The summed E-state index contributed by atoms with van der Waals surface area (Å²) >= 11 is 4.91. The van der Waals surface area contributed by atoms with Crippen molar-refractivity contribution in [2.24, 2.45) is 0 Å². The molecule has 0 atom stereocenters. The summed E-state index contributed by atoms with van der Waals surface area (Å²) in [4.78, 5) is 8.55. The van der Waals surface area contributed by atoms with Crippen molar-refractivity contribution in [2.45, 2.75) is 12.8 Å². The van der Waals surface area contributed by atoms with Crippen LogP contribution in [0.5, 0.6) is 0 Å². The van der Waals surface area contributed by atoms with E-state index in [1.807, 2.05) is 29.6 Å². The molecule has 5 nitrogen and oxygen atoms in total. The summed E-state index contributed by atoms with van der Waals surface area (Å²) in [5.74, 6) is 1.22. The lowest BCUT2D eigenvalue weighted by atomic mass is 10.1. The van der Waals surface area contributed by atoms with Gasteiger partial charge in [0.2, 0.25) is 5.89 Å². The van der Waals surface area contributed by atoms with Crippen molar-refractivity contribution in [3.05, 3.63) is 57.1 Å². The molecular weight excluding hydrogens is 340 g/mol. The molecule has 20 heavy (non-hydrogen) atoms. The highest BCUT2D eigenvalue weighted by Gasteiger charge is 2.10. The molecule has 0 saturated carbocycles. The second kappa shape index (κ2) is 5.72. The lowest BCUT2D eigenvalue weighted by molar-refractivity contribution is 0.379. The molecule has 0 aliphatic rings. The molecule has 3 aromatic rings. The Kier molecular flexibility index (Phi) is 3.79. The van der Waals surface area contributed by atoms with Gasteiger partial charge in [0, 0.05) is 16.3 Å². The Morgan fingerprint density at radius 2 is 2.05 bits per heavy atom. The Morgan fingerprint density at radius 1 is 1.20 bits per heavy atom. The Labute approximate surface area is 128 Å². The Hall–Kier alpha value is -1.73. The quantitative estimate of drug-likeness (QED) is 0.782. The maximum absolute atomic E-state index is 5.59. The van der Waals surface area contributed by atoms with Crippen molar-refractivity contribution in [2.75, 3.05) is 5.73 Å². The maximum Gasteiger partial charge on any atom is 0.232 e. The molecule has 0 amide bonds. The van der Waals surface area contributed by atoms with Crippen LogP contribution in [0.2, 0.25) is 0 Å². The molecule has 2 N–H and O–H groups in total. The van der Waals surface area contributed by atoms with Crippen molar-refractivity contribution in [3.63, 3.8) is 0 Å². The van der Waals surface area contributed by atoms with Crippen LogP contribution >= 0.6 is 27.3 Å². The molecule has 0 saturated heterocycles. The number of nitrogens with zero attached hydrogens (tertiary/aromatic N) is 3. The van der Waals surface area contributed by atoms with Gasteiger partial charge in [0.05, 0.1) is 12.1 Å². The SMILES string of the molecule is Nc1nc(Cc2nc(Cc3ccccc3Br)no2)cs1. The standard InChI is InChI=1S/C13H11BrN4OS/c14-10-4-2-1-3-8(10)5-11-17-12(19-18-11)6-9-7-20-13(15)16-9/h1-4,7H,5-6H2,(H2,15,16). The van der Waals surface area contributed by atoms with E-state index in [1.165, 1.54) is 11.3 Å². The zero-order chi connectivity index (χ0) is 13.9. The van der Waals surface area contributed by atoms with Gasteiger partial charge >= 0.3 is 0 Å². The van der Waals surface area contributed by atoms with E-state index in [-0.39, 0.29) is 0 Å². The Balaban J connectivity index is 1.72. The number of hydrogen-bond donors (Lipinski definition) is 1. The maximum atomic E-state index is 5.59. The average molecular weight is 351 g/mol. The van der Waals surface area contributed by atoms with E-state index >= 15 is 0 Å². The van der Waals surface area contributed by atoms with Crippen LogP contribution < -0.4 is 5.73 Å². The first-order chi connectivity index (χ1) is 9.70. The third-order valence-electron chi connectivity index (χ3n) is 2.72. The molecule has 3 rings (SSSR count). The summed E-state index contributed by atoms with van der Waals surface area (Å²) in [5, 5.41) is 6.44. The third kappa shape index (κ3) is 3.05. The largest absolute Gasteiger partial charge is 0.375 e. The monoisotopic (exact) mass is 350 g/mol. The van der Waals surface area contributed by atoms with Gasteiger partial charge in [0.15, 0.2) is 11.0 Å². The number of hydrogen-bond acceptors (Lipinski definition) is 6. The Morgan fingerprint density at radius 3 is 2.80 bits per heavy atom. The highest BCUT2D eigenvalue weighted by molar-refractivity contribution is 9.10. The molecule has 0 fully saturated rings. The second-order valence-electron chi connectivity index (χ2n) is 4.23. The van der Waals surface area contributed by atoms with Gasteiger partial charge in [-0.3, -0.25) is 0 Å². The molecule has 0 spiro atoms. The number of anilines is 1. The lowest BCUT2D eigenvalue weighted by Gasteiger charge is -1.99. The van der Waals surface area contributed by atoms with Crippen molar-refractivity contribution in [3.8, 4) is 0 Å². The number of aromatic nitrogens is 3.